The predicted molar refractivity (Wildman–Crippen MR) is 70.2 cm³/mol. The van der Waals surface area contributed by atoms with Gasteiger partial charge in [-0.3, -0.25) is 4.79 Å². The number of carbonyl (C=O) groups excluding carboxylic acids is 1. The van der Waals surface area contributed by atoms with Crippen molar-refractivity contribution in [3.05, 3.63) is 29.0 Å². The second-order valence-corrected chi connectivity index (χ2v) is 4.95. The maximum absolute atomic E-state index is 12.5. The Morgan fingerprint density at radius 2 is 2.32 bits per heavy atom. The van der Waals surface area contributed by atoms with Crippen molar-refractivity contribution < 1.29 is 14.7 Å². The van der Waals surface area contributed by atoms with E-state index in [-0.39, 0.29) is 16.6 Å². The molecule has 2 heterocycles. The Hall–Kier alpha value is -1.62. The van der Waals surface area contributed by atoms with E-state index < -0.39 is 11.5 Å². The number of carboxylic acids is 1. The van der Waals surface area contributed by atoms with Gasteiger partial charge in [0.15, 0.2) is 0 Å². The second kappa shape index (κ2) is 5.17. The van der Waals surface area contributed by atoms with Crippen molar-refractivity contribution >= 4 is 23.5 Å². The molecule has 0 saturated carbocycles. The Bertz CT molecular complexity index is 520. The number of halogens is 1. The first kappa shape index (κ1) is 13.8. The molecule has 2 rings (SSSR count). The number of nitrogens with zero attached hydrogens (tertiary/aromatic N) is 2. The first-order valence-electron chi connectivity index (χ1n) is 6.19. The standard InChI is InChI=1S/C13H15ClN2O3/c1-2-13(12(18)19)6-4-8-16(13)11(17)9-5-3-7-15-10(9)14/h3,5,7H,2,4,6,8H2,1H3,(H,18,19). The average Bonchev–Trinajstić information content (AvgIpc) is 2.83. The maximum atomic E-state index is 12.5. The molecule has 1 amide bonds. The van der Waals surface area contributed by atoms with Gasteiger partial charge in [-0.25, -0.2) is 9.78 Å². The minimum atomic E-state index is -1.11. The van der Waals surface area contributed by atoms with E-state index >= 15 is 0 Å². The van der Waals surface area contributed by atoms with Gasteiger partial charge < -0.3 is 10.0 Å². The Morgan fingerprint density at radius 1 is 1.58 bits per heavy atom. The van der Waals surface area contributed by atoms with Crippen LogP contribution < -0.4 is 0 Å². The van der Waals surface area contributed by atoms with Crippen molar-refractivity contribution in [1.82, 2.24) is 9.88 Å². The number of likely N-dealkylation sites (tertiary alicyclic amines) is 1. The molecule has 1 aromatic rings. The van der Waals surface area contributed by atoms with Crippen molar-refractivity contribution in [2.45, 2.75) is 31.7 Å². The summed E-state index contributed by atoms with van der Waals surface area (Å²) in [5.41, 5.74) is -0.860. The van der Waals surface area contributed by atoms with E-state index in [4.69, 9.17) is 11.6 Å². The Balaban J connectivity index is 2.38. The maximum Gasteiger partial charge on any atom is 0.329 e. The fourth-order valence-electron chi connectivity index (χ4n) is 2.61. The molecule has 1 aliphatic heterocycles. The van der Waals surface area contributed by atoms with Crippen molar-refractivity contribution in [3.8, 4) is 0 Å². The van der Waals surface area contributed by atoms with E-state index in [2.05, 4.69) is 4.98 Å². The van der Waals surface area contributed by atoms with Crippen molar-refractivity contribution in [2.75, 3.05) is 6.54 Å². The lowest BCUT2D eigenvalue weighted by molar-refractivity contribution is -0.148. The molecular formula is C13H15ClN2O3. The zero-order chi connectivity index (χ0) is 14.0. The van der Waals surface area contributed by atoms with Crippen LogP contribution in [0.5, 0.6) is 0 Å². The molecular weight excluding hydrogens is 268 g/mol. The second-order valence-electron chi connectivity index (χ2n) is 4.59. The molecule has 6 heteroatoms. The van der Waals surface area contributed by atoms with Crippen LogP contribution in [-0.4, -0.2) is 39.0 Å². The highest BCUT2D eigenvalue weighted by Crippen LogP contribution is 2.34. The van der Waals surface area contributed by atoms with Gasteiger partial charge >= 0.3 is 5.97 Å². The van der Waals surface area contributed by atoms with Crippen LogP contribution in [0, 0.1) is 0 Å². The van der Waals surface area contributed by atoms with Crippen molar-refractivity contribution in [1.29, 1.82) is 0 Å². The number of pyridine rings is 1. The molecule has 0 radical (unpaired) electrons. The summed E-state index contributed by atoms with van der Waals surface area (Å²) in [4.78, 5) is 29.3. The molecule has 0 aromatic carbocycles. The Labute approximate surface area is 116 Å². The minimum Gasteiger partial charge on any atom is -0.479 e. The molecule has 5 nitrogen and oxygen atoms in total. The molecule has 1 atom stereocenters. The van der Waals surface area contributed by atoms with Crippen LogP contribution in [0.25, 0.3) is 0 Å². The van der Waals surface area contributed by atoms with Gasteiger partial charge in [-0.1, -0.05) is 18.5 Å². The Kier molecular flexibility index (Phi) is 3.75. The van der Waals surface area contributed by atoms with Crippen LogP contribution in [0.15, 0.2) is 18.3 Å². The molecule has 0 spiro atoms. The highest BCUT2D eigenvalue weighted by molar-refractivity contribution is 6.32. The highest BCUT2D eigenvalue weighted by atomic mass is 35.5. The first-order chi connectivity index (χ1) is 9.03. The molecule has 1 fully saturated rings. The predicted octanol–water partition coefficient (Wildman–Crippen LogP) is 2.20. The van der Waals surface area contributed by atoms with E-state index in [1.165, 1.54) is 11.1 Å². The number of amides is 1. The molecule has 1 N–H and O–H groups in total. The van der Waals surface area contributed by atoms with Gasteiger partial charge in [0.25, 0.3) is 5.91 Å². The fourth-order valence-corrected chi connectivity index (χ4v) is 2.81. The van der Waals surface area contributed by atoms with Gasteiger partial charge in [-0.15, -0.1) is 0 Å². The number of hydrogen-bond acceptors (Lipinski definition) is 3. The lowest BCUT2D eigenvalue weighted by Crippen LogP contribution is -2.52. The number of aliphatic carboxylic acids is 1. The molecule has 1 unspecified atom stereocenters. The van der Waals surface area contributed by atoms with E-state index in [1.54, 1.807) is 19.1 Å². The molecule has 1 aliphatic rings. The number of aromatic nitrogens is 1. The van der Waals surface area contributed by atoms with E-state index in [0.29, 0.717) is 25.8 Å². The SMILES string of the molecule is CCC1(C(=O)O)CCCN1C(=O)c1cccnc1Cl. The normalized spacial score (nSPS) is 22.5. The van der Waals surface area contributed by atoms with E-state index in [0.717, 1.165) is 0 Å². The summed E-state index contributed by atoms with van der Waals surface area (Å²) in [6, 6.07) is 3.18. The largest absolute Gasteiger partial charge is 0.479 e. The van der Waals surface area contributed by atoms with Crippen LogP contribution in [0.4, 0.5) is 0 Å². The quantitative estimate of drug-likeness (QED) is 0.863. The summed E-state index contributed by atoms with van der Waals surface area (Å²) in [6.07, 6.45) is 3.03. The third-order valence-corrected chi connectivity index (χ3v) is 4.01. The molecule has 0 bridgehead atoms. The zero-order valence-corrected chi connectivity index (χ0v) is 11.4. The first-order valence-corrected chi connectivity index (χ1v) is 6.56. The van der Waals surface area contributed by atoms with Gasteiger partial charge in [0.05, 0.1) is 5.56 Å². The Morgan fingerprint density at radius 3 is 2.89 bits per heavy atom. The van der Waals surface area contributed by atoms with Crippen LogP contribution in [-0.2, 0) is 4.79 Å². The van der Waals surface area contributed by atoms with Crippen molar-refractivity contribution in [3.63, 3.8) is 0 Å². The zero-order valence-electron chi connectivity index (χ0n) is 10.6. The van der Waals surface area contributed by atoms with Gasteiger partial charge in [0, 0.05) is 12.7 Å². The lowest BCUT2D eigenvalue weighted by Gasteiger charge is -2.34. The smallest absolute Gasteiger partial charge is 0.329 e. The average molecular weight is 283 g/mol. The van der Waals surface area contributed by atoms with Crippen LogP contribution in [0.1, 0.15) is 36.5 Å². The molecule has 1 saturated heterocycles. The summed E-state index contributed by atoms with van der Waals surface area (Å²) in [6.45, 7) is 2.22. The van der Waals surface area contributed by atoms with Gasteiger partial charge in [0.1, 0.15) is 10.7 Å². The monoisotopic (exact) mass is 282 g/mol. The number of rotatable bonds is 3. The fraction of sp³-hybridized carbons (Fsp3) is 0.462. The third-order valence-electron chi connectivity index (χ3n) is 3.71. The lowest BCUT2D eigenvalue weighted by atomic mass is 9.92. The summed E-state index contributed by atoms with van der Waals surface area (Å²) in [5, 5.41) is 9.56. The number of carboxylic acid groups (broad SMARTS) is 1. The molecule has 102 valence electrons. The molecule has 19 heavy (non-hydrogen) atoms. The minimum absolute atomic E-state index is 0.106. The molecule has 0 aliphatic carbocycles. The van der Waals surface area contributed by atoms with Crippen molar-refractivity contribution in [2.24, 2.45) is 0 Å². The van der Waals surface area contributed by atoms with Crippen LogP contribution in [0.3, 0.4) is 0 Å². The summed E-state index contributed by atoms with van der Waals surface area (Å²) in [5.74, 6) is -1.32. The van der Waals surface area contributed by atoms with Gasteiger partial charge in [-0.05, 0) is 31.4 Å². The van der Waals surface area contributed by atoms with Gasteiger partial charge in [0.2, 0.25) is 0 Å². The van der Waals surface area contributed by atoms with Crippen LogP contribution >= 0.6 is 11.6 Å². The van der Waals surface area contributed by atoms with E-state index in [1.807, 2.05) is 0 Å². The highest BCUT2D eigenvalue weighted by Gasteiger charge is 2.48. The third kappa shape index (κ3) is 2.18. The number of hydrogen-bond donors (Lipinski definition) is 1. The van der Waals surface area contributed by atoms with Crippen LogP contribution in [0.2, 0.25) is 5.15 Å². The van der Waals surface area contributed by atoms with Gasteiger partial charge in [-0.2, -0.15) is 0 Å². The summed E-state index contributed by atoms with van der Waals surface area (Å²) >= 11 is 5.91. The van der Waals surface area contributed by atoms with E-state index in [9.17, 15) is 14.7 Å². The summed E-state index contributed by atoms with van der Waals surface area (Å²) < 4.78 is 0. The molecule has 1 aromatic heterocycles. The number of carbonyl (C=O) groups is 2. The topological polar surface area (TPSA) is 70.5 Å². The summed E-state index contributed by atoms with van der Waals surface area (Å²) in [7, 11) is 0.